The third-order valence-corrected chi connectivity index (χ3v) is 2.61. The molecule has 0 amide bonds. The molecular weight excluding hydrogens is 239 g/mol. The summed E-state index contributed by atoms with van der Waals surface area (Å²) in [6.45, 7) is 1.89. The van der Waals surface area contributed by atoms with E-state index in [0.717, 1.165) is 5.56 Å². The van der Waals surface area contributed by atoms with Crippen molar-refractivity contribution in [3.05, 3.63) is 29.6 Å². The van der Waals surface area contributed by atoms with Crippen molar-refractivity contribution in [2.24, 2.45) is 0 Å². The fourth-order valence-electron chi connectivity index (χ4n) is 1.29. The maximum absolute atomic E-state index is 11.9. The number of aromatic nitrogens is 1. The summed E-state index contributed by atoms with van der Waals surface area (Å²) in [5.41, 5.74) is 1.64. The molecule has 1 heterocycles. The van der Waals surface area contributed by atoms with Gasteiger partial charge in [0, 0.05) is 12.6 Å². The number of hydrogen-bond donors (Lipinski definition) is 0. The van der Waals surface area contributed by atoms with Gasteiger partial charge in [-0.2, -0.15) is 13.2 Å². The smallest absolute Gasteiger partial charge is 0.259 e. The molecule has 90 valence electrons. The second-order valence-corrected chi connectivity index (χ2v) is 4.26. The zero-order chi connectivity index (χ0) is 12.2. The highest BCUT2D eigenvalue weighted by molar-refractivity contribution is 6.20. The Morgan fingerprint density at radius 2 is 2.06 bits per heavy atom. The molecule has 1 unspecified atom stereocenters. The Kier molecular flexibility index (Phi) is 4.59. The maximum atomic E-state index is 11.9. The molecule has 0 radical (unpaired) electrons. The van der Waals surface area contributed by atoms with Crippen molar-refractivity contribution >= 4 is 11.6 Å². The number of halogens is 4. The van der Waals surface area contributed by atoms with Crippen LogP contribution < -0.4 is 0 Å². The van der Waals surface area contributed by atoms with E-state index in [-0.39, 0.29) is 12.8 Å². The summed E-state index contributed by atoms with van der Waals surface area (Å²) in [5.74, 6) is 0. The largest absolute Gasteiger partial charge is 0.389 e. The number of alkyl halides is 4. The summed E-state index contributed by atoms with van der Waals surface area (Å²) in [7, 11) is 0. The van der Waals surface area contributed by atoms with Crippen LogP contribution in [0.25, 0.3) is 0 Å². The van der Waals surface area contributed by atoms with Crippen molar-refractivity contribution in [2.75, 3.05) is 0 Å². The molecule has 1 rings (SSSR count). The molecule has 1 atom stereocenters. The van der Waals surface area contributed by atoms with Gasteiger partial charge in [0.25, 0.3) is 0 Å². The zero-order valence-electron chi connectivity index (χ0n) is 8.89. The summed E-state index contributed by atoms with van der Waals surface area (Å²) >= 11 is 5.96. The molecule has 0 saturated carbocycles. The molecule has 0 aliphatic carbocycles. The number of nitrogens with zero attached hydrogens (tertiary/aromatic N) is 1. The van der Waals surface area contributed by atoms with Gasteiger partial charge in [-0.25, -0.2) is 0 Å². The summed E-state index contributed by atoms with van der Waals surface area (Å²) < 4.78 is 35.7. The Balaban J connectivity index is 2.41. The van der Waals surface area contributed by atoms with E-state index in [1.807, 2.05) is 13.0 Å². The molecule has 0 bridgehead atoms. The minimum atomic E-state index is -4.10. The van der Waals surface area contributed by atoms with Crippen LogP contribution in [0.3, 0.4) is 0 Å². The highest BCUT2D eigenvalue weighted by atomic mass is 35.5. The quantitative estimate of drug-likeness (QED) is 0.723. The van der Waals surface area contributed by atoms with E-state index in [2.05, 4.69) is 4.98 Å². The molecule has 0 aliphatic heterocycles. The highest BCUT2D eigenvalue weighted by Gasteiger charge is 2.26. The van der Waals surface area contributed by atoms with Gasteiger partial charge >= 0.3 is 6.18 Å². The lowest BCUT2D eigenvalue weighted by Gasteiger charge is -2.10. The predicted octanol–water partition coefficient (Wildman–Crippen LogP) is 4.40. The number of pyridine rings is 1. The van der Waals surface area contributed by atoms with Crippen LogP contribution in [0.5, 0.6) is 0 Å². The normalized spacial score (nSPS) is 13.8. The van der Waals surface area contributed by atoms with Crippen LogP contribution in [0.15, 0.2) is 18.3 Å². The van der Waals surface area contributed by atoms with E-state index in [4.69, 9.17) is 11.6 Å². The monoisotopic (exact) mass is 251 g/mol. The first-order valence-electron chi connectivity index (χ1n) is 5.02. The van der Waals surface area contributed by atoms with Gasteiger partial charge in [-0.3, -0.25) is 4.98 Å². The molecule has 0 aromatic carbocycles. The Hall–Kier alpha value is -0.770. The van der Waals surface area contributed by atoms with E-state index < -0.39 is 18.0 Å². The molecule has 1 aromatic heterocycles. The molecule has 1 nitrogen and oxygen atoms in total. The van der Waals surface area contributed by atoms with Crippen molar-refractivity contribution in [3.8, 4) is 0 Å². The van der Waals surface area contributed by atoms with Gasteiger partial charge in [0.15, 0.2) is 0 Å². The zero-order valence-corrected chi connectivity index (χ0v) is 9.65. The summed E-state index contributed by atoms with van der Waals surface area (Å²) in [5, 5.41) is -0.442. The van der Waals surface area contributed by atoms with Crippen LogP contribution in [-0.2, 0) is 0 Å². The van der Waals surface area contributed by atoms with Gasteiger partial charge in [0.2, 0.25) is 0 Å². The van der Waals surface area contributed by atoms with Crippen molar-refractivity contribution in [1.82, 2.24) is 4.98 Å². The Labute approximate surface area is 97.6 Å². The number of hydrogen-bond acceptors (Lipinski definition) is 1. The first-order chi connectivity index (χ1) is 7.38. The Morgan fingerprint density at radius 3 is 2.56 bits per heavy atom. The molecule has 0 spiro atoms. The van der Waals surface area contributed by atoms with Crippen LogP contribution in [0.4, 0.5) is 13.2 Å². The fourth-order valence-corrected chi connectivity index (χ4v) is 1.58. The van der Waals surface area contributed by atoms with Crippen LogP contribution in [0, 0.1) is 6.92 Å². The molecule has 5 heteroatoms. The first kappa shape index (κ1) is 13.3. The third kappa shape index (κ3) is 4.84. The van der Waals surface area contributed by atoms with Gasteiger partial charge in [0.05, 0.1) is 11.1 Å². The van der Waals surface area contributed by atoms with E-state index in [1.54, 1.807) is 12.3 Å². The lowest BCUT2D eigenvalue weighted by Crippen LogP contribution is -2.07. The van der Waals surface area contributed by atoms with Crippen molar-refractivity contribution in [1.29, 1.82) is 0 Å². The molecule has 16 heavy (non-hydrogen) atoms. The van der Waals surface area contributed by atoms with Crippen molar-refractivity contribution < 1.29 is 13.2 Å². The van der Waals surface area contributed by atoms with Crippen LogP contribution in [0.1, 0.15) is 35.9 Å². The van der Waals surface area contributed by atoms with Gasteiger partial charge in [-0.05, 0) is 31.4 Å². The van der Waals surface area contributed by atoms with Gasteiger partial charge in [0.1, 0.15) is 0 Å². The molecule has 0 fully saturated rings. The van der Waals surface area contributed by atoms with Crippen LogP contribution in [0.2, 0.25) is 0 Å². The topological polar surface area (TPSA) is 12.9 Å². The van der Waals surface area contributed by atoms with E-state index in [1.165, 1.54) is 0 Å². The van der Waals surface area contributed by atoms with Crippen molar-refractivity contribution in [2.45, 2.75) is 37.7 Å². The Morgan fingerprint density at radius 1 is 1.38 bits per heavy atom. The van der Waals surface area contributed by atoms with E-state index in [9.17, 15) is 13.2 Å². The lowest BCUT2D eigenvalue weighted by molar-refractivity contribution is -0.135. The standard InChI is InChI=1S/C11H13ClF3N/c1-8-4-5-10(16-7-8)9(12)3-2-6-11(13,14)15/h4-5,7,9H,2-3,6H2,1H3. The number of rotatable bonds is 4. The fraction of sp³-hybridized carbons (Fsp3) is 0.545. The van der Waals surface area contributed by atoms with Gasteiger partial charge in [-0.1, -0.05) is 6.07 Å². The average Bonchev–Trinajstić information content (AvgIpc) is 2.16. The van der Waals surface area contributed by atoms with Crippen LogP contribution >= 0.6 is 11.6 Å². The minimum Gasteiger partial charge on any atom is -0.259 e. The molecular formula is C11H13ClF3N. The summed E-state index contributed by atoms with van der Waals surface area (Å²) in [4.78, 5) is 4.08. The Bertz CT molecular complexity index is 321. The first-order valence-corrected chi connectivity index (χ1v) is 5.45. The van der Waals surface area contributed by atoms with Gasteiger partial charge in [-0.15, -0.1) is 11.6 Å². The highest BCUT2D eigenvalue weighted by Crippen LogP contribution is 2.28. The van der Waals surface area contributed by atoms with Crippen LogP contribution in [-0.4, -0.2) is 11.2 Å². The molecule has 0 saturated heterocycles. The summed E-state index contributed by atoms with van der Waals surface area (Å²) in [6.07, 6.45) is -2.90. The third-order valence-electron chi connectivity index (χ3n) is 2.17. The average molecular weight is 252 g/mol. The minimum absolute atomic E-state index is 0.0349. The van der Waals surface area contributed by atoms with E-state index in [0.29, 0.717) is 5.69 Å². The SMILES string of the molecule is Cc1ccc(C(Cl)CCCC(F)(F)F)nc1. The lowest BCUT2D eigenvalue weighted by atomic mass is 10.1. The predicted molar refractivity (Wildman–Crippen MR) is 57.5 cm³/mol. The number of aryl methyl sites for hydroxylation is 1. The van der Waals surface area contributed by atoms with Gasteiger partial charge < -0.3 is 0 Å². The molecule has 0 aliphatic rings. The second kappa shape index (κ2) is 5.53. The second-order valence-electron chi connectivity index (χ2n) is 3.74. The summed E-state index contributed by atoms with van der Waals surface area (Å²) in [6, 6.07) is 3.60. The molecule has 1 aromatic rings. The molecule has 0 N–H and O–H groups in total. The maximum Gasteiger partial charge on any atom is 0.389 e. The van der Waals surface area contributed by atoms with Crippen molar-refractivity contribution in [3.63, 3.8) is 0 Å². The van der Waals surface area contributed by atoms with E-state index >= 15 is 0 Å².